The van der Waals surface area contributed by atoms with Gasteiger partial charge in [0.1, 0.15) is 0 Å². The molecule has 0 aromatic carbocycles. The topological polar surface area (TPSA) is 0 Å². The minimum absolute atomic E-state index is 1.05. The summed E-state index contributed by atoms with van der Waals surface area (Å²) in [6.45, 7) is 3.91. The molecule has 2 aliphatic rings. The second-order valence-corrected chi connectivity index (χ2v) is 2.55. The molecule has 0 heterocycles. The summed E-state index contributed by atoms with van der Waals surface area (Å²) < 4.78 is 0. The van der Waals surface area contributed by atoms with Crippen LogP contribution in [0.3, 0.4) is 0 Å². The lowest BCUT2D eigenvalue weighted by molar-refractivity contribution is 1.59. The van der Waals surface area contributed by atoms with Crippen molar-refractivity contribution in [1.82, 2.24) is 0 Å². The highest BCUT2D eigenvalue weighted by Crippen LogP contribution is 2.27. The van der Waals surface area contributed by atoms with E-state index in [9.17, 15) is 0 Å². The molecule has 0 bridgehead atoms. The lowest BCUT2D eigenvalue weighted by atomic mass is 10.1. The van der Waals surface area contributed by atoms with Crippen molar-refractivity contribution >= 4 is 0 Å². The fourth-order valence-corrected chi connectivity index (χ4v) is 1.20. The molecule has 0 aromatic heterocycles. The molecule has 11 heavy (non-hydrogen) atoms. The van der Waals surface area contributed by atoms with E-state index < -0.39 is 0 Å². The van der Waals surface area contributed by atoms with Crippen molar-refractivity contribution in [3.63, 3.8) is 0 Å². The zero-order valence-corrected chi connectivity index (χ0v) is 6.17. The summed E-state index contributed by atoms with van der Waals surface area (Å²) in [5.74, 6) is 0. The number of allylic oxidation sites excluding steroid dienone is 8. The molecule has 0 N–H and O–H groups in total. The quantitative estimate of drug-likeness (QED) is 0.454. The third-order valence-electron chi connectivity index (χ3n) is 1.78. The maximum Gasteiger partial charge on any atom is 0.0303 e. The number of hydrogen-bond acceptors (Lipinski definition) is 0. The Morgan fingerprint density at radius 2 is 2.09 bits per heavy atom. The summed E-state index contributed by atoms with van der Waals surface area (Å²) in [7, 11) is 0. The van der Waals surface area contributed by atoms with Crippen LogP contribution in [0.15, 0.2) is 65.5 Å². The highest BCUT2D eigenvalue weighted by molar-refractivity contribution is 5.63. The second-order valence-electron chi connectivity index (χ2n) is 2.55. The molecule has 0 atom stereocenters. The Bertz CT molecular complexity index is 353. The summed E-state index contributed by atoms with van der Waals surface area (Å²) in [5, 5.41) is 0. The lowest BCUT2D eigenvalue weighted by Gasteiger charge is -1.94. The molecule has 0 fully saturated rings. The van der Waals surface area contributed by atoms with Gasteiger partial charge in [0.05, 0.1) is 0 Å². The Morgan fingerprint density at radius 3 is 3.00 bits per heavy atom. The number of rotatable bonds is 0. The molecule has 0 radical (unpaired) electrons. The lowest BCUT2D eigenvalue weighted by Crippen LogP contribution is -1.77. The van der Waals surface area contributed by atoms with E-state index in [0.29, 0.717) is 0 Å². The summed E-state index contributed by atoms with van der Waals surface area (Å²) in [5.41, 5.74) is 6.55. The van der Waals surface area contributed by atoms with E-state index in [0.717, 1.165) is 11.1 Å². The maximum atomic E-state index is 3.91. The van der Waals surface area contributed by atoms with Gasteiger partial charge in [-0.15, -0.1) is 5.73 Å². The minimum atomic E-state index is 1.05. The standard InChI is InChI=1S/C11H8/c1-9-7-8-10-5-3-2-4-6-11(9)10/h2-5,7-8H,1H2. The zero-order chi connectivity index (χ0) is 7.68. The predicted molar refractivity (Wildman–Crippen MR) is 47.1 cm³/mol. The molecule has 52 valence electrons. The SMILES string of the molecule is C=C1C=CC2=CC=CC=C=C12. The van der Waals surface area contributed by atoms with Gasteiger partial charge in [0.2, 0.25) is 0 Å². The fourth-order valence-electron chi connectivity index (χ4n) is 1.20. The first-order valence-electron chi connectivity index (χ1n) is 3.59. The van der Waals surface area contributed by atoms with Gasteiger partial charge in [0, 0.05) is 5.57 Å². The first-order valence-corrected chi connectivity index (χ1v) is 3.59. The monoisotopic (exact) mass is 140 g/mol. The largest absolute Gasteiger partial charge is 0.112 e. The summed E-state index contributed by atoms with van der Waals surface area (Å²) in [4.78, 5) is 0. The average Bonchev–Trinajstić information content (AvgIpc) is 2.25. The van der Waals surface area contributed by atoms with Crippen molar-refractivity contribution in [2.24, 2.45) is 0 Å². The van der Waals surface area contributed by atoms with Crippen LogP contribution in [-0.2, 0) is 0 Å². The van der Waals surface area contributed by atoms with Crippen LogP contribution in [-0.4, -0.2) is 0 Å². The molecule has 0 unspecified atom stereocenters. The van der Waals surface area contributed by atoms with Gasteiger partial charge in [0.15, 0.2) is 0 Å². The van der Waals surface area contributed by atoms with Gasteiger partial charge in [-0.2, -0.15) is 0 Å². The van der Waals surface area contributed by atoms with Gasteiger partial charge in [-0.05, 0) is 17.2 Å². The van der Waals surface area contributed by atoms with Crippen molar-refractivity contribution in [2.75, 3.05) is 0 Å². The summed E-state index contributed by atoms with van der Waals surface area (Å²) >= 11 is 0. The Hall–Kier alpha value is -1.52. The fraction of sp³-hybridized carbons (Fsp3) is 0. The Labute approximate surface area is 66.2 Å². The molecule has 0 spiro atoms. The molecule has 0 amide bonds. The molecule has 0 saturated heterocycles. The molecule has 0 heteroatoms. The number of hydrogen-bond donors (Lipinski definition) is 0. The van der Waals surface area contributed by atoms with Crippen molar-refractivity contribution in [3.8, 4) is 0 Å². The first-order chi connectivity index (χ1) is 5.38. The van der Waals surface area contributed by atoms with E-state index in [2.05, 4.69) is 24.5 Å². The van der Waals surface area contributed by atoms with Gasteiger partial charge >= 0.3 is 0 Å². The van der Waals surface area contributed by atoms with Crippen LogP contribution in [0.4, 0.5) is 0 Å². The molecule has 0 saturated carbocycles. The Balaban J connectivity index is 2.63. The van der Waals surface area contributed by atoms with E-state index in [1.165, 1.54) is 5.57 Å². The van der Waals surface area contributed by atoms with Crippen LogP contribution in [0, 0.1) is 0 Å². The van der Waals surface area contributed by atoms with Crippen molar-refractivity contribution < 1.29 is 0 Å². The average molecular weight is 140 g/mol. The van der Waals surface area contributed by atoms with Gasteiger partial charge in [-0.1, -0.05) is 37.0 Å². The Kier molecular flexibility index (Phi) is 1.28. The molecule has 2 rings (SSSR count). The van der Waals surface area contributed by atoms with E-state index in [-0.39, 0.29) is 0 Å². The number of fused-ring (bicyclic) bond motifs is 1. The molecule has 2 aliphatic carbocycles. The first kappa shape index (κ1) is 6.21. The third kappa shape index (κ3) is 0.938. The van der Waals surface area contributed by atoms with Crippen LogP contribution in [0.2, 0.25) is 0 Å². The normalized spacial score (nSPS) is 19.5. The Morgan fingerprint density at radius 1 is 1.18 bits per heavy atom. The summed E-state index contributed by atoms with van der Waals surface area (Å²) in [6.07, 6.45) is 12.0. The molecular weight excluding hydrogens is 132 g/mol. The van der Waals surface area contributed by atoms with Crippen LogP contribution in [0.25, 0.3) is 0 Å². The van der Waals surface area contributed by atoms with E-state index in [1.54, 1.807) is 0 Å². The van der Waals surface area contributed by atoms with Crippen molar-refractivity contribution in [3.05, 3.63) is 65.5 Å². The second kappa shape index (κ2) is 2.26. The van der Waals surface area contributed by atoms with Crippen molar-refractivity contribution in [2.45, 2.75) is 0 Å². The van der Waals surface area contributed by atoms with Gasteiger partial charge < -0.3 is 0 Å². The van der Waals surface area contributed by atoms with Crippen LogP contribution in [0.1, 0.15) is 0 Å². The molecule has 0 aromatic rings. The maximum absolute atomic E-state index is 3.91. The summed E-state index contributed by atoms with van der Waals surface area (Å²) in [6, 6.07) is 0. The van der Waals surface area contributed by atoms with E-state index in [4.69, 9.17) is 0 Å². The van der Waals surface area contributed by atoms with Gasteiger partial charge in [-0.3, -0.25) is 0 Å². The van der Waals surface area contributed by atoms with E-state index >= 15 is 0 Å². The smallest absolute Gasteiger partial charge is 0.0303 e. The van der Waals surface area contributed by atoms with Gasteiger partial charge in [0.25, 0.3) is 0 Å². The minimum Gasteiger partial charge on any atom is -0.112 e. The van der Waals surface area contributed by atoms with Crippen LogP contribution in [0.5, 0.6) is 0 Å². The zero-order valence-electron chi connectivity index (χ0n) is 6.17. The van der Waals surface area contributed by atoms with Crippen molar-refractivity contribution in [1.29, 1.82) is 0 Å². The van der Waals surface area contributed by atoms with Gasteiger partial charge in [-0.25, -0.2) is 0 Å². The van der Waals surface area contributed by atoms with E-state index in [1.807, 2.05) is 24.3 Å². The highest BCUT2D eigenvalue weighted by atomic mass is 14.1. The molecule has 0 aliphatic heterocycles. The highest BCUT2D eigenvalue weighted by Gasteiger charge is 2.09. The third-order valence-corrected chi connectivity index (χ3v) is 1.78. The predicted octanol–water partition coefficient (Wildman–Crippen LogP) is 2.69. The molecular formula is C11H8. The van der Waals surface area contributed by atoms with Crippen LogP contribution >= 0.6 is 0 Å². The molecule has 0 nitrogen and oxygen atoms in total. The van der Waals surface area contributed by atoms with Crippen LogP contribution < -0.4 is 0 Å².